The third-order valence-corrected chi connectivity index (χ3v) is 4.31. The molecule has 0 aliphatic heterocycles. The van der Waals surface area contributed by atoms with Gasteiger partial charge in [0.05, 0.1) is 23.4 Å². The number of carbonyl (C=O) groups excluding carboxylic acids is 3. The Kier molecular flexibility index (Phi) is 7.32. The van der Waals surface area contributed by atoms with Gasteiger partial charge >= 0.3 is 5.97 Å². The number of rotatable bonds is 8. The van der Waals surface area contributed by atoms with Crippen molar-refractivity contribution in [2.24, 2.45) is 0 Å². The lowest BCUT2D eigenvalue weighted by atomic mass is 10.1. The maximum atomic E-state index is 12.9. The van der Waals surface area contributed by atoms with Gasteiger partial charge in [0.2, 0.25) is 0 Å². The Labute approximate surface area is 188 Å². The second-order valence-electron chi connectivity index (χ2n) is 6.59. The Balaban J connectivity index is 1.83. The summed E-state index contributed by atoms with van der Waals surface area (Å²) in [5.74, 6) is -1.80. The molecule has 0 aliphatic carbocycles. The van der Waals surface area contributed by atoms with Crippen molar-refractivity contribution < 1.29 is 28.5 Å². The molecule has 0 aliphatic rings. The van der Waals surface area contributed by atoms with Crippen molar-refractivity contribution in [3.63, 3.8) is 0 Å². The number of nitrogens with one attached hydrogen (secondary N) is 2. The summed E-state index contributed by atoms with van der Waals surface area (Å²) in [6.45, 7) is 1.94. The summed E-state index contributed by atoms with van der Waals surface area (Å²) >= 11 is 0. The summed E-state index contributed by atoms with van der Waals surface area (Å²) in [5, 5.41) is 16.0. The van der Waals surface area contributed by atoms with Gasteiger partial charge in [0.1, 0.15) is 5.70 Å². The predicted molar refractivity (Wildman–Crippen MR) is 118 cm³/mol. The fourth-order valence-electron chi connectivity index (χ4n) is 2.71. The number of hydrogen-bond acceptors (Lipinski definition) is 7. The lowest BCUT2D eigenvalue weighted by Gasteiger charge is -2.11. The minimum Gasteiger partial charge on any atom is -0.462 e. The maximum Gasteiger partial charge on any atom is 0.338 e. The van der Waals surface area contributed by atoms with Crippen LogP contribution in [0.15, 0.2) is 77.0 Å². The maximum absolute atomic E-state index is 12.9. The van der Waals surface area contributed by atoms with E-state index in [1.54, 1.807) is 6.92 Å². The van der Waals surface area contributed by atoms with Crippen LogP contribution in [0, 0.1) is 10.1 Å². The molecule has 2 N–H and O–H groups in total. The molecule has 1 heterocycles. The van der Waals surface area contributed by atoms with Crippen LogP contribution in [0.3, 0.4) is 0 Å². The van der Waals surface area contributed by atoms with Crippen molar-refractivity contribution in [1.82, 2.24) is 5.32 Å². The highest BCUT2D eigenvalue weighted by Gasteiger charge is 2.17. The normalized spacial score (nSPS) is 10.9. The monoisotopic (exact) mass is 449 g/mol. The van der Waals surface area contributed by atoms with Crippen molar-refractivity contribution >= 4 is 35.2 Å². The van der Waals surface area contributed by atoms with Crippen LogP contribution in [0.1, 0.15) is 33.4 Å². The largest absolute Gasteiger partial charge is 0.462 e. The van der Waals surface area contributed by atoms with Gasteiger partial charge in [0, 0.05) is 17.8 Å². The number of non-ortho nitro benzene ring substituents is 1. The highest BCUT2D eigenvalue weighted by Crippen LogP contribution is 2.16. The van der Waals surface area contributed by atoms with Crippen LogP contribution < -0.4 is 10.6 Å². The summed E-state index contributed by atoms with van der Waals surface area (Å²) < 4.78 is 9.97. The van der Waals surface area contributed by atoms with Gasteiger partial charge < -0.3 is 19.8 Å². The molecule has 0 bridgehead atoms. The van der Waals surface area contributed by atoms with E-state index in [4.69, 9.17) is 9.15 Å². The van der Waals surface area contributed by atoms with E-state index < -0.39 is 22.7 Å². The van der Waals surface area contributed by atoms with Crippen LogP contribution in [0.4, 0.5) is 11.4 Å². The van der Waals surface area contributed by atoms with Crippen LogP contribution in [-0.2, 0) is 9.53 Å². The van der Waals surface area contributed by atoms with E-state index in [0.29, 0.717) is 16.8 Å². The van der Waals surface area contributed by atoms with Gasteiger partial charge in [-0.3, -0.25) is 19.7 Å². The van der Waals surface area contributed by atoms with Gasteiger partial charge in [-0.1, -0.05) is 0 Å². The summed E-state index contributed by atoms with van der Waals surface area (Å²) in [7, 11) is 0. The zero-order valence-electron chi connectivity index (χ0n) is 17.4. The number of nitro benzene ring substituents is 1. The van der Waals surface area contributed by atoms with Gasteiger partial charge in [0.15, 0.2) is 5.76 Å². The Bertz CT molecular complexity index is 1180. The van der Waals surface area contributed by atoms with Crippen molar-refractivity contribution in [1.29, 1.82) is 0 Å². The summed E-state index contributed by atoms with van der Waals surface area (Å²) in [6, 6.07) is 14.4. The van der Waals surface area contributed by atoms with Gasteiger partial charge in [-0.25, -0.2) is 4.79 Å². The average molecular weight is 449 g/mol. The second-order valence-corrected chi connectivity index (χ2v) is 6.59. The van der Waals surface area contributed by atoms with E-state index in [-0.39, 0.29) is 23.8 Å². The van der Waals surface area contributed by atoms with E-state index in [1.165, 1.54) is 73.0 Å². The molecule has 0 saturated carbocycles. The summed E-state index contributed by atoms with van der Waals surface area (Å²) in [5.41, 5.74) is 0.903. The minimum atomic E-state index is -0.655. The zero-order chi connectivity index (χ0) is 23.8. The zero-order valence-corrected chi connectivity index (χ0v) is 17.4. The Hall–Kier alpha value is -4.73. The van der Waals surface area contributed by atoms with E-state index in [0.717, 1.165) is 0 Å². The molecule has 0 unspecified atom stereocenters. The van der Waals surface area contributed by atoms with Crippen molar-refractivity contribution in [3.8, 4) is 0 Å². The van der Waals surface area contributed by atoms with E-state index in [9.17, 15) is 24.5 Å². The van der Waals surface area contributed by atoms with Crippen molar-refractivity contribution in [2.45, 2.75) is 6.92 Å². The Morgan fingerprint density at radius 1 is 1.06 bits per heavy atom. The van der Waals surface area contributed by atoms with Gasteiger partial charge in [-0.05, 0) is 67.1 Å². The number of nitrogens with zero attached hydrogens (tertiary/aromatic N) is 1. The molecular weight excluding hydrogens is 430 g/mol. The molecular formula is C23H19N3O7. The number of ether oxygens (including phenoxy) is 1. The first-order valence-electron chi connectivity index (χ1n) is 9.77. The number of furan rings is 1. The number of carbonyl (C=O) groups is 3. The van der Waals surface area contributed by atoms with E-state index >= 15 is 0 Å². The first-order chi connectivity index (χ1) is 15.9. The van der Waals surface area contributed by atoms with Gasteiger partial charge in [-0.2, -0.15) is 0 Å². The first kappa shape index (κ1) is 22.9. The fourth-order valence-corrected chi connectivity index (χ4v) is 2.71. The molecule has 3 aromatic rings. The molecule has 0 saturated heterocycles. The number of nitro groups is 1. The molecule has 1 aromatic heterocycles. The quantitative estimate of drug-likeness (QED) is 0.231. The average Bonchev–Trinajstić information content (AvgIpc) is 3.35. The molecule has 2 aromatic carbocycles. The van der Waals surface area contributed by atoms with Crippen molar-refractivity contribution in [2.75, 3.05) is 11.9 Å². The van der Waals surface area contributed by atoms with Crippen LogP contribution in [0.5, 0.6) is 0 Å². The first-order valence-corrected chi connectivity index (χ1v) is 9.77. The molecule has 33 heavy (non-hydrogen) atoms. The molecule has 3 rings (SSSR count). The minimum absolute atomic E-state index is 0.00353. The highest BCUT2D eigenvalue weighted by molar-refractivity contribution is 6.10. The molecule has 10 nitrogen and oxygen atoms in total. The van der Waals surface area contributed by atoms with Crippen molar-refractivity contribution in [3.05, 3.63) is 99.6 Å². The molecule has 0 fully saturated rings. The standard InChI is InChI=1S/C23H19N3O7/c1-2-32-23(29)16-7-9-17(10-8-16)24-21(27)19(25-22(28)20-4-3-13-33-20)14-15-5-11-18(12-6-15)26(30)31/h3-14H,2H2,1H3,(H,24,27)(H,25,28). The van der Waals surface area contributed by atoms with Gasteiger partial charge in [-0.15, -0.1) is 0 Å². The number of anilines is 1. The highest BCUT2D eigenvalue weighted by atomic mass is 16.6. The molecule has 0 spiro atoms. The lowest BCUT2D eigenvalue weighted by molar-refractivity contribution is -0.384. The van der Waals surface area contributed by atoms with Crippen LogP contribution in [-0.4, -0.2) is 29.3 Å². The van der Waals surface area contributed by atoms with Crippen LogP contribution in [0.25, 0.3) is 6.08 Å². The lowest BCUT2D eigenvalue weighted by Crippen LogP contribution is -2.30. The van der Waals surface area contributed by atoms with E-state index in [1.807, 2.05) is 0 Å². The molecule has 168 valence electrons. The summed E-state index contributed by atoms with van der Waals surface area (Å²) in [6.07, 6.45) is 2.69. The number of amides is 2. The number of esters is 1. The molecule has 0 radical (unpaired) electrons. The predicted octanol–water partition coefficient (Wildman–Crippen LogP) is 3.77. The number of hydrogen-bond donors (Lipinski definition) is 2. The topological polar surface area (TPSA) is 141 Å². The summed E-state index contributed by atoms with van der Waals surface area (Å²) in [4.78, 5) is 47.4. The van der Waals surface area contributed by atoms with Crippen LogP contribution >= 0.6 is 0 Å². The molecule has 0 atom stereocenters. The number of benzene rings is 2. The van der Waals surface area contributed by atoms with Gasteiger partial charge in [0.25, 0.3) is 17.5 Å². The second kappa shape index (κ2) is 10.5. The SMILES string of the molecule is CCOC(=O)c1ccc(NC(=O)C(=Cc2ccc([N+](=O)[O-])cc2)NC(=O)c2ccco2)cc1. The Morgan fingerprint density at radius 2 is 1.76 bits per heavy atom. The third kappa shape index (κ3) is 6.14. The smallest absolute Gasteiger partial charge is 0.338 e. The third-order valence-electron chi connectivity index (χ3n) is 4.31. The molecule has 2 amide bonds. The Morgan fingerprint density at radius 3 is 2.33 bits per heavy atom. The fraction of sp³-hybridized carbons (Fsp3) is 0.0870. The van der Waals surface area contributed by atoms with Crippen LogP contribution in [0.2, 0.25) is 0 Å². The molecule has 10 heteroatoms. The van der Waals surface area contributed by atoms with E-state index in [2.05, 4.69) is 10.6 Å².